The average Bonchev–Trinajstić information content (AvgIpc) is 1.86. The van der Waals surface area contributed by atoms with Crippen molar-refractivity contribution in [3.8, 4) is 0 Å². The number of halogens is 1. The first kappa shape index (κ1) is 8.95. The summed E-state index contributed by atoms with van der Waals surface area (Å²) in [6.07, 6.45) is 0. The second-order valence-corrected chi connectivity index (χ2v) is 3.16. The van der Waals surface area contributed by atoms with Crippen LogP contribution in [0, 0.1) is 5.41 Å². The van der Waals surface area contributed by atoms with E-state index < -0.39 is 0 Å². The third-order valence-corrected chi connectivity index (χ3v) is 2.58. The molecule has 0 spiro atoms. The number of nitrogens with one attached hydrogen (secondary N) is 1. The number of carbonyl (C=O) groups is 1. The number of hydrogen-bond donors (Lipinski definition) is 1. The van der Waals surface area contributed by atoms with Crippen molar-refractivity contribution in [2.75, 3.05) is 12.4 Å². The lowest BCUT2D eigenvalue weighted by Crippen LogP contribution is -2.35. The van der Waals surface area contributed by atoms with Crippen molar-refractivity contribution < 1.29 is 4.79 Å². The fourth-order valence-corrected chi connectivity index (χ4v) is 0.654. The molecule has 2 nitrogen and oxygen atoms in total. The number of rotatable bonds is 2. The van der Waals surface area contributed by atoms with Crippen LogP contribution in [0.4, 0.5) is 0 Å². The molecule has 0 saturated heterocycles. The molecule has 54 valence electrons. The second kappa shape index (κ2) is 3.20. The van der Waals surface area contributed by atoms with Gasteiger partial charge in [-0.3, -0.25) is 4.79 Å². The summed E-state index contributed by atoms with van der Waals surface area (Å²) in [6.45, 7) is 3.78. The Bertz CT molecular complexity index is 112. The topological polar surface area (TPSA) is 29.1 Å². The van der Waals surface area contributed by atoms with Gasteiger partial charge in [0.2, 0.25) is 5.91 Å². The van der Waals surface area contributed by atoms with Crippen LogP contribution in [-0.4, -0.2) is 18.3 Å². The first-order valence-corrected chi connectivity index (χ1v) is 3.95. The molecule has 0 unspecified atom stereocenters. The van der Waals surface area contributed by atoms with Gasteiger partial charge >= 0.3 is 0 Å². The molecule has 0 heterocycles. The fourth-order valence-electron chi connectivity index (χ4n) is 0.399. The summed E-state index contributed by atoms with van der Waals surface area (Å²) in [7, 11) is 1.65. The zero-order chi connectivity index (χ0) is 7.49. The summed E-state index contributed by atoms with van der Waals surface area (Å²) < 4.78 is 0. The van der Waals surface area contributed by atoms with E-state index in [2.05, 4.69) is 21.2 Å². The molecule has 9 heavy (non-hydrogen) atoms. The Hall–Kier alpha value is -0.0500. The summed E-state index contributed by atoms with van der Waals surface area (Å²) >= 11 is 3.25. The van der Waals surface area contributed by atoms with Gasteiger partial charge in [-0.15, -0.1) is 0 Å². The zero-order valence-corrected chi connectivity index (χ0v) is 7.58. The van der Waals surface area contributed by atoms with Crippen molar-refractivity contribution >= 4 is 21.8 Å². The van der Waals surface area contributed by atoms with Crippen LogP contribution in [0.1, 0.15) is 13.8 Å². The van der Waals surface area contributed by atoms with Gasteiger partial charge in [-0.25, -0.2) is 0 Å². The van der Waals surface area contributed by atoms with Crippen molar-refractivity contribution in [3.05, 3.63) is 0 Å². The van der Waals surface area contributed by atoms with Crippen LogP contribution in [0.25, 0.3) is 0 Å². The summed E-state index contributed by atoms with van der Waals surface area (Å²) in [4.78, 5) is 10.9. The summed E-state index contributed by atoms with van der Waals surface area (Å²) in [5.41, 5.74) is -0.283. The van der Waals surface area contributed by atoms with Crippen LogP contribution in [0.2, 0.25) is 0 Å². The van der Waals surface area contributed by atoms with E-state index in [1.165, 1.54) is 0 Å². The van der Waals surface area contributed by atoms with E-state index >= 15 is 0 Å². The highest BCUT2D eigenvalue weighted by Gasteiger charge is 2.24. The van der Waals surface area contributed by atoms with Crippen molar-refractivity contribution in [1.82, 2.24) is 5.32 Å². The third kappa shape index (κ3) is 2.35. The molecule has 0 aromatic carbocycles. The van der Waals surface area contributed by atoms with Gasteiger partial charge in [-0.05, 0) is 0 Å². The van der Waals surface area contributed by atoms with E-state index in [-0.39, 0.29) is 11.3 Å². The standard InChI is InChI=1S/C6H12BrNO/c1-6(2,4-7)5(9)8-3/h4H2,1-3H3,(H,8,9). The fraction of sp³-hybridized carbons (Fsp3) is 0.833. The minimum atomic E-state index is -0.283. The van der Waals surface area contributed by atoms with Gasteiger partial charge in [0.15, 0.2) is 0 Å². The Kier molecular flexibility index (Phi) is 3.18. The Labute approximate surface area is 64.1 Å². The quantitative estimate of drug-likeness (QED) is 0.656. The molecule has 0 radical (unpaired) electrons. The van der Waals surface area contributed by atoms with E-state index in [0.717, 1.165) is 0 Å². The molecule has 0 rings (SSSR count). The molecule has 3 heteroatoms. The van der Waals surface area contributed by atoms with E-state index in [4.69, 9.17) is 0 Å². The van der Waals surface area contributed by atoms with Crippen molar-refractivity contribution in [3.63, 3.8) is 0 Å². The van der Waals surface area contributed by atoms with Crippen LogP contribution < -0.4 is 5.32 Å². The zero-order valence-electron chi connectivity index (χ0n) is 5.99. The molecule has 1 amide bonds. The lowest BCUT2D eigenvalue weighted by atomic mass is 9.96. The maximum Gasteiger partial charge on any atom is 0.226 e. The van der Waals surface area contributed by atoms with Crippen LogP contribution in [0.3, 0.4) is 0 Å². The van der Waals surface area contributed by atoms with Gasteiger partial charge in [0.05, 0.1) is 5.41 Å². The SMILES string of the molecule is CNC(=O)C(C)(C)CBr. The Morgan fingerprint density at radius 1 is 1.67 bits per heavy atom. The Balaban J connectivity index is 3.97. The maximum atomic E-state index is 10.9. The van der Waals surface area contributed by atoms with E-state index in [0.29, 0.717) is 5.33 Å². The highest BCUT2D eigenvalue weighted by atomic mass is 79.9. The maximum absolute atomic E-state index is 10.9. The predicted octanol–water partition coefficient (Wildman–Crippen LogP) is 1.15. The van der Waals surface area contributed by atoms with Gasteiger partial charge in [0.25, 0.3) is 0 Å². The molecule has 1 N–H and O–H groups in total. The largest absolute Gasteiger partial charge is 0.359 e. The van der Waals surface area contributed by atoms with Crippen LogP contribution in [0.15, 0.2) is 0 Å². The highest BCUT2D eigenvalue weighted by Crippen LogP contribution is 2.17. The van der Waals surface area contributed by atoms with Crippen molar-refractivity contribution in [1.29, 1.82) is 0 Å². The monoisotopic (exact) mass is 193 g/mol. The minimum absolute atomic E-state index is 0.0689. The molecule has 0 aliphatic heterocycles. The minimum Gasteiger partial charge on any atom is -0.359 e. The molecule has 0 bridgehead atoms. The molecule has 0 aliphatic rings. The average molecular weight is 194 g/mol. The van der Waals surface area contributed by atoms with Crippen LogP contribution in [0.5, 0.6) is 0 Å². The molecule has 0 atom stereocenters. The van der Waals surface area contributed by atoms with Crippen LogP contribution >= 0.6 is 15.9 Å². The van der Waals surface area contributed by atoms with Gasteiger partial charge in [0, 0.05) is 12.4 Å². The van der Waals surface area contributed by atoms with Gasteiger partial charge in [0.1, 0.15) is 0 Å². The van der Waals surface area contributed by atoms with Gasteiger partial charge < -0.3 is 5.32 Å². The van der Waals surface area contributed by atoms with Crippen LogP contribution in [-0.2, 0) is 4.79 Å². The predicted molar refractivity (Wildman–Crippen MR) is 41.6 cm³/mol. The number of amides is 1. The molecular formula is C6H12BrNO. The lowest BCUT2D eigenvalue weighted by Gasteiger charge is -2.18. The normalized spacial score (nSPS) is 11.1. The second-order valence-electron chi connectivity index (χ2n) is 2.60. The number of hydrogen-bond acceptors (Lipinski definition) is 1. The summed E-state index contributed by atoms with van der Waals surface area (Å²) in [5, 5.41) is 3.28. The van der Waals surface area contributed by atoms with Gasteiger partial charge in [-0.1, -0.05) is 29.8 Å². The third-order valence-electron chi connectivity index (χ3n) is 1.18. The lowest BCUT2D eigenvalue weighted by molar-refractivity contribution is -0.127. The summed E-state index contributed by atoms with van der Waals surface area (Å²) in [6, 6.07) is 0. The van der Waals surface area contributed by atoms with Crippen molar-refractivity contribution in [2.24, 2.45) is 5.41 Å². The molecule has 0 saturated carbocycles. The first-order chi connectivity index (χ1) is 4.04. The van der Waals surface area contributed by atoms with E-state index in [9.17, 15) is 4.79 Å². The first-order valence-electron chi connectivity index (χ1n) is 2.82. The van der Waals surface area contributed by atoms with Crippen molar-refractivity contribution in [2.45, 2.75) is 13.8 Å². The van der Waals surface area contributed by atoms with E-state index in [1.54, 1.807) is 7.05 Å². The Morgan fingerprint density at radius 2 is 2.11 bits per heavy atom. The molecular weight excluding hydrogens is 182 g/mol. The summed E-state index contributed by atoms with van der Waals surface area (Å²) in [5.74, 6) is 0.0689. The molecule has 0 fully saturated rings. The molecule has 0 aromatic rings. The number of carbonyl (C=O) groups excluding carboxylic acids is 1. The van der Waals surface area contributed by atoms with Gasteiger partial charge in [-0.2, -0.15) is 0 Å². The van der Waals surface area contributed by atoms with E-state index in [1.807, 2.05) is 13.8 Å². The number of alkyl halides is 1. The smallest absolute Gasteiger partial charge is 0.226 e. The molecule has 0 aliphatic carbocycles. The highest BCUT2D eigenvalue weighted by molar-refractivity contribution is 9.09. The Morgan fingerprint density at radius 3 is 2.22 bits per heavy atom. The molecule has 0 aromatic heterocycles.